The summed E-state index contributed by atoms with van der Waals surface area (Å²) in [5.74, 6) is 2.31. The predicted molar refractivity (Wildman–Crippen MR) is 58.9 cm³/mol. The fourth-order valence-corrected chi connectivity index (χ4v) is 2.42. The monoisotopic (exact) mass is 197 g/mol. The molecule has 2 nitrogen and oxygen atoms in total. The summed E-state index contributed by atoms with van der Waals surface area (Å²) < 4.78 is 0. The smallest absolute Gasteiger partial charge is 0.217 e. The van der Waals surface area contributed by atoms with Crippen LogP contribution in [0.15, 0.2) is 0 Å². The van der Waals surface area contributed by atoms with Crippen molar-refractivity contribution in [3.63, 3.8) is 0 Å². The van der Waals surface area contributed by atoms with Crippen LogP contribution in [0.25, 0.3) is 0 Å². The lowest BCUT2D eigenvalue weighted by Crippen LogP contribution is -2.43. The van der Waals surface area contributed by atoms with Gasteiger partial charge < -0.3 is 5.32 Å². The van der Waals surface area contributed by atoms with Crippen LogP contribution in [0.5, 0.6) is 0 Å². The number of rotatable bonds is 2. The largest absolute Gasteiger partial charge is 0.353 e. The second kappa shape index (κ2) is 4.81. The Hall–Kier alpha value is -0.530. The zero-order valence-corrected chi connectivity index (χ0v) is 9.84. The molecular formula is C12H23NO. The first-order valence-electron chi connectivity index (χ1n) is 5.77. The summed E-state index contributed by atoms with van der Waals surface area (Å²) in [4.78, 5) is 11.0. The summed E-state index contributed by atoms with van der Waals surface area (Å²) in [7, 11) is 0. The molecule has 14 heavy (non-hydrogen) atoms. The Morgan fingerprint density at radius 1 is 1.36 bits per heavy atom. The molecule has 0 bridgehead atoms. The van der Waals surface area contributed by atoms with Gasteiger partial charge in [0, 0.05) is 13.0 Å². The fraction of sp³-hybridized carbons (Fsp3) is 0.917. The molecular weight excluding hydrogens is 174 g/mol. The molecule has 0 aromatic rings. The number of hydrogen-bond donors (Lipinski definition) is 1. The van der Waals surface area contributed by atoms with Crippen molar-refractivity contribution in [1.82, 2.24) is 5.32 Å². The number of carbonyl (C=O) groups is 1. The van der Waals surface area contributed by atoms with Gasteiger partial charge in [0.25, 0.3) is 0 Å². The molecule has 0 aromatic heterocycles. The minimum Gasteiger partial charge on any atom is -0.353 e. The van der Waals surface area contributed by atoms with Crippen molar-refractivity contribution in [2.75, 3.05) is 0 Å². The van der Waals surface area contributed by atoms with E-state index in [1.165, 1.54) is 19.3 Å². The highest BCUT2D eigenvalue weighted by atomic mass is 16.1. The van der Waals surface area contributed by atoms with Gasteiger partial charge in [-0.1, -0.05) is 20.8 Å². The van der Waals surface area contributed by atoms with E-state index >= 15 is 0 Å². The molecule has 1 aliphatic carbocycles. The molecule has 0 aliphatic heterocycles. The van der Waals surface area contributed by atoms with Crippen molar-refractivity contribution in [3.8, 4) is 0 Å². The highest BCUT2D eigenvalue weighted by Crippen LogP contribution is 2.33. The third kappa shape index (κ3) is 3.00. The van der Waals surface area contributed by atoms with Crippen LogP contribution in [0.4, 0.5) is 0 Å². The maximum atomic E-state index is 11.0. The van der Waals surface area contributed by atoms with Crippen LogP contribution in [0.3, 0.4) is 0 Å². The summed E-state index contributed by atoms with van der Waals surface area (Å²) in [5, 5.41) is 3.08. The van der Waals surface area contributed by atoms with Crippen molar-refractivity contribution in [1.29, 1.82) is 0 Å². The van der Waals surface area contributed by atoms with Crippen molar-refractivity contribution in [2.24, 2.45) is 17.8 Å². The van der Waals surface area contributed by atoms with E-state index in [0.717, 1.165) is 11.8 Å². The molecule has 0 radical (unpaired) electrons. The number of carbonyl (C=O) groups excluding carboxylic acids is 1. The van der Waals surface area contributed by atoms with Gasteiger partial charge in [0.1, 0.15) is 0 Å². The van der Waals surface area contributed by atoms with E-state index in [4.69, 9.17) is 0 Å². The van der Waals surface area contributed by atoms with Crippen LogP contribution in [0.2, 0.25) is 0 Å². The minimum absolute atomic E-state index is 0.117. The summed E-state index contributed by atoms with van der Waals surface area (Å²) in [5.41, 5.74) is 0. The third-order valence-electron chi connectivity index (χ3n) is 3.57. The predicted octanol–water partition coefficient (Wildman–Crippen LogP) is 2.58. The molecule has 3 atom stereocenters. The fourth-order valence-electron chi connectivity index (χ4n) is 2.42. The lowest BCUT2D eigenvalue weighted by atomic mass is 9.74. The first-order valence-corrected chi connectivity index (χ1v) is 5.77. The van der Waals surface area contributed by atoms with E-state index in [0.29, 0.717) is 12.0 Å². The average molecular weight is 197 g/mol. The Morgan fingerprint density at radius 3 is 2.50 bits per heavy atom. The zero-order chi connectivity index (χ0) is 10.7. The topological polar surface area (TPSA) is 29.1 Å². The van der Waals surface area contributed by atoms with Crippen LogP contribution in [-0.4, -0.2) is 11.9 Å². The van der Waals surface area contributed by atoms with Gasteiger partial charge in [-0.3, -0.25) is 4.79 Å². The second-order valence-electron chi connectivity index (χ2n) is 5.10. The van der Waals surface area contributed by atoms with Crippen molar-refractivity contribution >= 4 is 5.91 Å². The summed E-state index contributed by atoms with van der Waals surface area (Å²) in [6, 6.07) is 0.411. The number of hydrogen-bond acceptors (Lipinski definition) is 1. The van der Waals surface area contributed by atoms with E-state index in [2.05, 4.69) is 26.1 Å². The third-order valence-corrected chi connectivity index (χ3v) is 3.57. The molecule has 2 heteroatoms. The van der Waals surface area contributed by atoms with Gasteiger partial charge in [-0.2, -0.15) is 0 Å². The first kappa shape index (κ1) is 11.5. The maximum Gasteiger partial charge on any atom is 0.217 e. The molecule has 82 valence electrons. The number of nitrogens with one attached hydrogen (secondary N) is 1. The van der Waals surface area contributed by atoms with Crippen LogP contribution in [0.1, 0.15) is 47.0 Å². The Balaban J connectivity index is 2.50. The molecule has 1 aliphatic rings. The van der Waals surface area contributed by atoms with Crippen molar-refractivity contribution in [3.05, 3.63) is 0 Å². The van der Waals surface area contributed by atoms with Crippen LogP contribution in [-0.2, 0) is 4.79 Å². The highest BCUT2D eigenvalue weighted by Gasteiger charge is 2.29. The van der Waals surface area contributed by atoms with Crippen LogP contribution < -0.4 is 5.32 Å². The SMILES string of the molecule is CC(=O)N[C@@H]1C[C@@H](C(C)C)CC[C@H]1C. The van der Waals surface area contributed by atoms with Gasteiger partial charge in [0.2, 0.25) is 5.91 Å². The zero-order valence-electron chi connectivity index (χ0n) is 9.84. The van der Waals surface area contributed by atoms with Crippen LogP contribution >= 0.6 is 0 Å². The molecule has 0 saturated heterocycles. The van der Waals surface area contributed by atoms with Crippen LogP contribution in [0, 0.1) is 17.8 Å². The maximum absolute atomic E-state index is 11.0. The highest BCUT2D eigenvalue weighted by molar-refractivity contribution is 5.73. The van der Waals surface area contributed by atoms with E-state index in [9.17, 15) is 4.79 Å². The van der Waals surface area contributed by atoms with E-state index < -0.39 is 0 Å². The van der Waals surface area contributed by atoms with E-state index in [1.807, 2.05) is 0 Å². The Labute approximate surface area is 87.5 Å². The van der Waals surface area contributed by atoms with Gasteiger partial charge >= 0.3 is 0 Å². The van der Waals surface area contributed by atoms with Gasteiger partial charge in [-0.05, 0) is 37.0 Å². The Kier molecular flexibility index (Phi) is 3.97. The summed E-state index contributed by atoms with van der Waals surface area (Å²) in [6.45, 7) is 8.43. The minimum atomic E-state index is 0.117. The van der Waals surface area contributed by atoms with Gasteiger partial charge in [0.05, 0.1) is 0 Å². The van der Waals surface area contributed by atoms with Crippen molar-refractivity contribution < 1.29 is 4.79 Å². The van der Waals surface area contributed by atoms with Crippen molar-refractivity contribution in [2.45, 2.75) is 53.0 Å². The molecule has 1 amide bonds. The molecule has 1 saturated carbocycles. The molecule has 1 fully saturated rings. The number of amides is 1. The molecule has 0 unspecified atom stereocenters. The lowest BCUT2D eigenvalue weighted by Gasteiger charge is -2.36. The Morgan fingerprint density at radius 2 is 2.00 bits per heavy atom. The molecule has 1 rings (SSSR count). The molecule has 0 aromatic carbocycles. The standard InChI is InChI=1S/C12H23NO/c1-8(2)11-6-5-9(3)12(7-11)13-10(4)14/h8-9,11-12H,5-7H2,1-4H3,(H,13,14)/t9-,11+,12-/m1/s1. The summed E-state index contributed by atoms with van der Waals surface area (Å²) in [6.07, 6.45) is 3.75. The Bertz CT molecular complexity index is 200. The molecule has 0 heterocycles. The normalized spacial score (nSPS) is 33.1. The van der Waals surface area contributed by atoms with E-state index in [1.54, 1.807) is 6.92 Å². The molecule has 0 spiro atoms. The van der Waals surface area contributed by atoms with Gasteiger partial charge in [-0.15, -0.1) is 0 Å². The average Bonchev–Trinajstić information content (AvgIpc) is 2.07. The molecule has 1 N–H and O–H groups in total. The van der Waals surface area contributed by atoms with E-state index in [-0.39, 0.29) is 5.91 Å². The van der Waals surface area contributed by atoms with Gasteiger partial charge in [-0.25, -0.2) is 0 Å². The second-order valence-corrected chi connectivity index (χ2v) is 5.10. The van der Waals surface area contributed by atoms with Gasteiger partial charge in [0.15, 0.2) is 0 Å². The summed E-state index contributed by atoms with van der Waals surface area (Å²) >= 11 is 0. The lowest BCUT2D eigenvalue weighted by molar-refractivity contribution is -0.120. The first-order chi connectivity index (χ1) is 6.50. The quantitative estimate of drug-likeness (QED) is 0.724.